The summed E-state index contributed by atoms with van der Waals surface area (Å²) in [7, 11) is 0. The average Bonchev–Trinajstić information content (AvgIpc) is 2.98. The molecule has 0 saturated heterocycles. The number of amides is 2. The van der Waals surface area contributed by atoms with Crippen LogP contribution in [0.25, 0.3) is 11.1 Å². The second-order valence-corrected chi connectivity index (χ2v) is 6.39. The van der Waals surface area contributed by atoms with Gasteiger partial charge in [-0.3, -0.25) is 19.3 Å². The van der Waals surface area contributed by atoms with Gasteiger partial charge in [0.05, 0.1) is 17.5 Å². The minimum absolute atomic E-state index is 0.0152. The van der Waals surface area contributed by atoms with Crippen molar-refractivity contribution in [2.24, 2.45) is 0 Å². The number of hydrogen-bond acceptors (Lipinski definition) is 4. The highest BCUT2D eigenvalue weighted by Crippen LogP contribution is 2.30. The molecule has 138 valence electrons. The van der Waals surface area contributed by atoms with Crippen LogP contribution in [0, 0.1) is 0 Å². The molecule has 3 aromatic carbocycles. The van der Waals surface area contributed by atoms with Crippen LogP contribution >= 0.6 is 0 Å². The first-order chi connectivity index (χ1) is 13.6. The van der Waals surface area contributed by atoms with E-state index in [1.54, 1.807) is 36.4 Å². The topological polar surface area (TPSA) is 63.7 Å². The molecule has 2 amide bonds. The van der Waals surface area contributed by atoms with Crippen molar-refractivity contribution >= 4 is 17.8 Å². The molecular weight excluding hydrogens is 354 g/mol. The van der Waals surface area contributed by atoms with E-state index in [0.29, 0.717) is 16.9 Å². The van der Waals surface area contributed by atoms with Gasteiger partial charge in [-0.05, 0) is 23.8 Å². The molecule has 28 heavy (non-hydrogen) atoms. The molecule has 1 aliphatic heterocycles. The minimum Gasteiger partial charge on any atom is -0.426 e. The molecule has 1 heterocycles. The average molecular weight is 371 g/mol. The Kier molecular flexibility index (Phi) is 4.72. The Bertz CT molecular complexity index is 1020. The van der Waals surface area contributed by atoms with E-state index in [9.17, 15) is 14.4 Å². The largest absolute Gasteiger partial charge is 0.426 e. The summed E-state index contributed by atoms with van der Waals surface area (Å²) in [5.74, 6) is -0.808. The third-order valence-electron chi connectivity index (χ3n) is 4.61. The molecule has 1 aliphatic rings. The highest BCUT2D eigenvalue weighted by Gasteiger charge is 2.35. The van der Waals surface area contributed by atoms with Crippen LogP contribution in [0.5, 0.6) is 5.75 Å². The molecule has 0 aromatic heterocycles. The van der Waals surface area contributed by atoms with Crippen molar-refractivity contribution < 1.29 is 19.1 Å². The monoisotopic (exact) mass is 371 g/mol. The summed E-state index contributed by atoms with van der Waals surface area (Å²) in [5, 5.41) is 0. The van der Waals surface area contributed by atoms with Crippen LogP contribution in [0.3, 0.4) is 0 Å². The van der Waals surface area contributed by atoms with E-state index in [0.717, 1.165) is 16.0 Å². The molecule has 5 heteroatoms. The molecule has 0 aliphatic carbocycles. The zero-order chi connectivity index (χ0) is 19.5. The van der Waals surface area contributed by atoms with E-state index in [-0.39, 0.29) is 24.8 Å². The number of rotatable bonds is 5. The third kappa shape index (κ3) is 3.30. The number of imide groups is 1. The van der Waals surface area contributed by atoms with Crippen molar-refractivity contribution in [3.8, 4) is 16.9 Å². The van der Waals surface area contributed by atoms with Gasteiger partial charge in [-0.15, -0.1) is 0 Å². The maximum Gasteiger partial charge on any atom is 0.313 e. The van der Waals surface area contributed by atoms with Crippen molar-refractivity contribution in [3.05, 3.63) is 90.0 Å². The van der Waals surface area contributed by atoms with E-state index in [2.05, 4.69) is 0 Å². The van der Waals surface area contributed by atoms with Gasteiger partial charge in [-0.25, -0.2) is 0 Å². The number of carbonyl (C=O) groups is 3. The SMILES string of the molecule is O=C(CCN1C(=O)c2ccccc2C1=O)Oc1ccccc1-c1ccccc1. The van der Waals surface area contributed by atoms with Gasteiger partial charge in [-0.2, -0.15) is 0 Å². The van der Waals surface area contributed by atoms with Crippen LogP contribution < -0.4 is 4.74 Å². The molecule has 0 radical (unpaired) electrons. The molecule has 0 spiro atoms. The van der Waals surface area contributed by atoms with Gasteiger partial charge in [-0.1, -0.05) is 60.7 Å². The van der Waals surface area contributed by atoms with Gasteiger partial charge < -0.3 is 4.74 Å². The zero-order valence-corrected chi connectivity index (χ0v) is 15.0. The Morgan fingerprint density at radius 1 is 0.714 bits per heavy atom. The standard InChI is InChI=1S/C23H17NO4/c25-21(14-15-24-22(26)18-11-4-5-12-19(18)23(24)27)28-20-13-7-6-10-17(20)16-8-2-1-3-9-16/h1-13H,14-15H2. The predicted molar refractivity (Wildman–Crippen MR) is 104 cm³/mol. The van der Waals surface area contributed by atoms with Crippen molar-refractivity contribution in [1.82, 2.24) is 4.90 Å². The van der Waals surface area contributed by atoms with E-state index in [1.807, 2.05) is 42.5 Å². The van der Waals surface area contributed by atoms with Gasteiger partial charge in [0.25, 0.3) is 11.8 Å². The second kappa shape index (κ2) is 7.48. The first-order valence-corrected chi connectivity index (χ1v) is 8.95. The Labute approximate surface area is 162 Å². The summed E-state index contributed by atoms with van der Waals surface area (Å²) in [6.45, 7) is -0.0152. The lowest BCUT2D eigenvalue weighted by atomic mass is 10.1. The van der Waals surface area contributed by atoms with Crippen LogP contribution in [-0.2, 0) is 4.79 Å². The maximum atomic E-state index is 12.4. The number of fused-ring (bicyclic) bond motifs is 1. The highest BCUT2D eigenvalue weighted by molar-refractivity contribution is 6.21. The molecule has 0 saturated carbocycles. The maximum absolute atomic E-state index is 12.4. The molecule has 4 rings (SSSR count). The van der Waals surface area contributed by atoms with Crippen LogP contribution in [0.2, 0.25) is 0 Å². The minimum atomic E-state index is -0.500. The second-order valence-electron chi connectivity index (χ2n) is 6.39. The fraction of sp³-hybridized carbons (Fsp3) is 0.0870. The molecule has 5 nitrogen and oxygen atoms in total. The van der Waals surface area contributed by atoms with Gasteiger partial charge >= 0.3 is 5.97 Å². The summed E-state index contributed by atoms with van der Waals surface area (Å²) in [4.78, 5) is 38.2. The van der Waals surface area contributed by atoms with Gasteiger partial charge in [0.15, 0.2) is 0 Å². The Morgan fingerprint density at radius 2 is 1.25 bits per heavy atom. The van der Waals surface area contributed by atoms with Crippen LogP contribution in [0.1, 0.15) is 27.1 Å². The number of para-hydroxylation sites is 1. The fourth-order valence-corrected chi connectivity index (χ4v) is 3.23. The predicted octanol–water partition coefficient (Wildman–Crippen LogP) is 3.95. The zero-order valence-electron chi connectivity index (χ0n) is 15.0. The van der Waals surface area contributed by atoms with E-state index in [1.165, 1.54) is 0 Å². The molecule has 0 fully saturated rings. The van der Waals surface area contributed by atoms with Gasteiger partial charge in [0.2, 0.25) is 0 Å². The van der Waals surface area contributed by atoms with Crippen molar-refractivity contribution in [2.75, 3.05) is 6.54 Å². The fourth-order valence-electron chi connectivity index (χ4n) is 3.23. The molecule has 0 N–H and O–H groups in total. The number of benzene rings is 3. The highest BCUT2D eigenvalue weighted by atomic mass is 16.5. The normalized spacial score (nSPS) is 12.8. The van der Waals surface area contributed by atoms with E-state index < -0.39 is 5.97 Å². The van der Waals surface area contributed by atoms with Crippen molar-refractivity contribution in [2.45, 2.75) is 6.42 Å². The summed E-state index contributed by atoms with van der Waals surface area (Å²) in [6, 6.07) is 23.5. The van der Waals surface area contributed by atoms with E-state index in [4.69, 9.17) is 4.74 Å². The first kappa shape index (κ1) is 17.7. The Hall–Kier alpha value is -3.73. The molecule has 0 bridgehead atoms. The summed E-state index contributed by atoms with van der Waals surface area (Å²) in [6.07, 6.45) is -0.0748. The van der Waals surface area contributed by atoms with Crippen molar-refractivity contribution in [3.63, 3.8) is 0 Å². The van der Waals surface area contributed by atoms with Gasteiger partial charge in [0.1, 0.15) is 5.75 Å². The molecular formula is C23H17NO4. The first-order valence-electron chi connectivity index (χ1n) is 8.95. The van der Waals surface area contributed by atoms with Gasteiger partial charge in [0, 0.05) is 12.1 Å². The number of esters is 1. The lowest BCUT2D eigenvalue weighted by Crippen LogP contribution is -2.32. The lowest BCUT2D eigenvalue weighted by Gasteiger charge is -2.14. The van der Waals surface area contributed by atoms with Crippen molar-refractivity contribution in [1.29, 1.82) is 0 Å². The third-order valence-corrected chi connectivity index (χ3v) is 4.61. The summed E-state index contributed by atoms with van der Waals surface area (Å²) < 4.78 is 5.52. The number of hydrogen-bond donors (Lipinski definition) is 0. The number of nitrogens with zero attached hydrogens (tertiary/aromatic N) is 1. The number of carbonyl (C=O) groups excluding carboxylic acids is 3. The van der Waals surface area contributed by atoms with Crippen LogP contribution in [0.4, 0.5) is 0 Å². The molecule has 0 atom stereocenters. The molecule has 0 unspecified atom stereocenters. The lowest BCUT2D eigenvalue weighted by molar-refractivity contribution is -0.134. The Morgan fingerprint density at radius 3 is 1.89 bits per heavy atom. The van der Waals surface area contributed by atoms with Crippen LogP contribution in [-0.4, -0.2) is 29.2 Å². The molecule has 3 aromatic rings. The summed E-state index contributed by atoms with van der Waals surface area (Å²) in [5.41, 5.74) is 2.48. The summed E-state index contributed by atoms with van der Waals surface area (Å²) >= 11 is 0. The smallest absolute Gasteiger partial charge is 0.313 e. The van der Waals surface area contributed by atoms with E-state index >= 15 is 0 Å². The quantitative estimate of drug-likeness (QED) is 0.387. The van der Waals surface area contributed by atoms with Crippen LogP contribution in [0.15, 0.2) is 78.9 Å². The Balaban J connectivity index is 1.44. The number of ether oxygens (including phenoxy) is 1.